The third-order valence-electron chi connectivity index (χ3n) is 3.47. The molecule has 0 aromatic heterocycles. The van der Waals surface area contributed by atoms with E-state index < -0.39 is 0 Å². The molecule has 0 spiro atoms. The van der Waals surface area contributed by atoms with Crippen LogP contribution in [0, 0.1) is 11.8 Å². The molecule has 1 heterocycles. The molecule has 1 fully saturated rings. The third-order valence-corrected chi connectivity index (χ3v) is 3.47. The number of aliphatic hydroxyl groups is 1. The van der Waals surface area contributed by atoms with Gasteiger partial charge in [0.15, 0.2) is 0 Å². The van der Waals surface area contributed by atoms with Crippen LogP contribution >= 0.6 is 0 Å². The van der Waals surface area contributed by atoms with E-state index in [0.717, 1.165) is 19.1 Å². The zero-order chi connectivity index (χ0) is 12.0. The Morgan fingerprint density at radius 1 is 1.25 bits per heavy atom. The molecule has 3 heteroatoms. The molecule has 1 saturated heterocycles. The first-order valence-electron chi connectivity index (χ1n) is 6.58. The molecule has 1 aliphatic rings. The van der Waals surface area contributed by atoms with Crippen molar-refractivity contribution >= 4 is 0 Å². The molecule has 2 N–H and O–H groups in total. The van der Waals surface area contributed by atoms with Gasteiger partial charge in [0.25, 0.3) is 0 Å². The second-order valence-electron chi connectivity index (χ2n) is 5.41. The molecule has 1 aliphatic heterocycles. The highest BCUT2D eigenvalue weighted by Gasteiger charge is 2.17. The Hall–Kier alpha value is -0.120. The van der Waals surface area contributed by atoms with E-state index in [1.54, 1.807) is 0 Å². The zero-order valence-corrected chi connectivity index (χ0v) is 10.9. The van der Waals surface area contributed by atoms with Crippen LogP contribution in [0.15, 0.2) is 0 Å². The molecule has 16 heavy (non-hydrogen) atoms. The molecule has 2 unspecified atom stereocenters. The Bertz CT molecular complexity index is 179. The van der Waals surface area contributed by atoms with E-state index in [2.05, 4.69) is 26.1 Å². The molecular weight excluding hydrogens is 202 g/mol. The molecule has 96 valence electrons. The van der Waals surface area contributed by atoms with E-state index in [1.165, 1.54) is 19.3 Å². The maximum Gasteiger partial charge on any atom is 0.0687 e. The number of hydrogen-bond acceptors (Lipinski definition) is 3. The lowest BCUT2D eigenvalue weighted by molar-refractivity contribution is 0.0598. The summed E-state index contributed by atoms with van der Waals surface area (Å²) in [4.78, 5) is 0. The molecule has 0 bridgehead atoms. The summed E-state index contributed by atoms with van der Waals surface area (Å²) in [6.45, 7) is 8.87. The predicted molar refractivity (Wildman–Crippen MR) is 66.5 cm³/mol. The predicted octanol–water partition coefficient (Wildman–Crippen LogP) is 1.80. The molecule has 0 saturated carbocycles. The van der Waals surface area contributed by atoms with E-state index in [-0.39, 0.29) is 6.10 Å². The maximum absolute atomic E-state index is 9.70. The van der Waals surface area contributed by atoms with Crippen molar-refractivity contribution in [1.82, 2.24) is 5.32 Å². The Balaban J connectivity index is 2.12. The van der Waals surface area contributed by atoms with E-state index in [9.17, 15) is 5.11 Å². The van der Waals surface area contributed by atoms with Crippen LogP contribution in [-0.2, 0) is 4.74 Å². The summed E-state index contributed by atoms with van der Waals surface area (Å²) in [5.41, 5.74) is 0. The quantitative estimate of drug-likeness (QED) is 0.730. The monoisotopic (exact) mass is 229 g/mol. The minimum Gasteiger partial charge on any atom is -0.392 e. The van der Waals surface area contributed by atoms with E-state index in [0.29, 0.717) is 18.5 Å². The summed E-state index contributed by atoms with van der Waals surface area (Å²) in [7, 11) is 0. The fraction of sp³-hybridized carbons (Fsp3) is 1.00. The van der Waals surface area contributed by atoms with Crippen molar-refractivity contribution in [3.8, 4) is 0 Å². The van der Waals surface area contributed by atoms with E-state index in [4.69, 9.17) is 4.74 Å². The molecule has 0 aromatic carbocycles. The number of nitrogens with one attached hydrogen (secondary N) is 1. The van der Waals surface area contributed by atoms with Crippen molar-refractivity contribution in [2.45, 2.75) is 52.2 Å². The number of rotatable bonds is 6. The lowest BCUT2D eigenvalue weighted by Crippen LogP contribution is -2.37. The molecule has 1 rings (SSSR count). The Labute approximate surface area is 99.6 Å². The Morgan fingerprint density at radius 3 is 2.44 bits per heavy atom. The van der Waals surface area contributed by atoms with Crippen LogP contribution in [0.5, 0.6) is 0 Å². The van der Waals surface area contributed by atoms with Gasteiger partial charge in [-0.25, -0.2) is 0 Å². The lowest BCUT2D eigenvalue weighted by atomic mass is 9.93. The third kappa shape index (κ3) is 5.28. The van der Waals surface area contributed by atoms with Gasteiger partial charge >= 0.3 is 0 Å². The van der Waals surface area contributed by atoms with Gasteiger partial charge in [0.1, 0.15) is 0 Å². The summed E-state index contributed by atoms with van der Waals surface area (Å²) in [6.07, 6.45) is 3.36. The van der Waals surface area contributed by atoms with E-state index >= 15 is 0 Å². The molecule has 0 aliphatic carbocycles. The molecular formula is C13H27NO2. The van der Waals surface area contributed by atoms with Crippen molar-refractivity contribution in [3.63, 3.8) is 0 Å². The minimum atomic E-state index is -0.225. The fourth-order valence-corrected chi connectivity index (χ4v) is 2.12. The van der Waals surface area contributed by atoms with Crippen molar-refractivity contribution < 1.29 is 9.84 Å². The minimum absolute atomic E-state index is 0.225. The SMILES string of the molecule is CC(CC1CCOCC1)NCC(O)C(C)C. The molecule has 2 atom stereocenters. The lowest BCUT2D eigenvalue weighted by Gasteiger charge is -2.26. The van der Waals surface area contributed by atoms with Gasteiger partial charge in [-0.15, -0.1) is 0 Å². The van der Waals surface area contributed by atoms with Crippen LogP contribution in [-0.4, -0.2) is 37.0 Å². The van der Waals surface area contributed by atoms with Crippen LogP contribution in [0.1, 0.15) is 40.0 Å². The van der Waals surface area contributed by atoms with Crippen molar-refractivity contribution in [3.05, 3.63) is 0 Å². The van der Waals surface area contributed by atoms with Crippen molar-refractivity contribution in [2.75, 3.05) is 19.8 Å². The van der Waals surface area contributed by atoms with Gasteiger partial charge in [0.05, 0.1) is 6.10 Å². The standard InChI is InChI=1S/C13H27NO2/c1-10(2)13(15)9-14-11(3)8-12-4-6-16-7-5-12/h10-15H,4-9H2,1-3H3. The second kappa shape index (κ2) is 7.25. The normalized spacial score (nSPS) is 22.3. The molecule has 0 amide bonds. The summed E-state index contributed by atoms with van der Waals surface area (Å²) < 4.78 is 5.35. The summed E-state index contributed by atoms with van der Waals surface area (Å²) in [6, 6.07) is 0.497. The summed E-state index contributed by atoms with van der Waals surface area (Å²) >= 11 is 0. The topological polar surface area (TPSA) is 41.5 Å². The highest BCUT2D eigenvalue weighted by atomic mass is 16.5. The zero-order valence-electron chi connectivity index (χ0n) is 10.9. The van der Waals surface area contributed by atoms with E-state index in [1.807, 2.05) is 0 Å². The Kier molecular flexibility index (Phi) is 6.32. The molecule has 0 radical (unpaired) electrons. The van der Waals surface area contributed by atoms with Crippen molar-refractivity contribution in [2.24, 2.45) is 11.8 Å². The molecule has 0 aromatic rings. The molecule has 3 nitrogen and oxygen atoms in total. The first-order valence-corrected chi connectivity index (χ1v) is 6.58. The van der Waals surface area contributed by atoms with Gasteiger partial charge in [0, 0.05) is 25.8 Å². The number of hydrogen-bond donors (Lipinski definition) is 2. The largest absolute Gasteiger partial charge is 0.392 e. The summed E-state index contributed by atoms with van der Waals surface area (Å²) in [5.74, 6) is 1.13. The smallest absolute Gasteiger partial charge is 0.0687 e. The highest BCUT2D eigenvalue weighted by Crippen LogP contribution is 2.19. The van der Waals surface area contributed by atoms with Crippen molar-refractivity contribution in [1.29, 1.82) is 0 Å². The first kappa shape index (κ1) is 13.9. The highest BCUT2D eigenvalue weighted by molar-refractivity contribution is 4.72. The van der Waals surface area contributed by atoms with Crippen LogP contribution in [0.2, 0.25) is 0 Å². The first-order chi connectivity index (χ1) is 7.59. The van der Waals surface area contributed by atoms with Gasteiger partial charge in [-0.3, -0.25) is 0 Å². The number of ether oxygens (including phenoxy) is 1. The van der Waals surface area contributed by atoms with Crippen LogP contribution in [0.3, 0.4) is 0 Å². The van der Waals surface area contributed by atoms with Gasteiger partial charge in [-0.1, -0.05) is 13.8 Å². The number of aliphatic hydroxyl groups excluding tert-OH is 1. The second-order valence-corrected chi connectivity index (χ2v) is 5.41. The Morgan fingerprint density at radius 2 is 1.88 bits per heavy atom. The van der Waals surface area contributed by atoms with Crippen LogP contribution in [0.25, 0.3) is 0 Å². The average Bonchev–Trinajstić information content (AvgIpc) is 2.27. The average molecular weight is 229 g/mol. The van der Waals surface area contributed by atoms with Gasteiger partial charge < -0.3 is 15.2 Å². The van der Waals surface area contributed by atoms with Crippen LogP contribution in [0.4, 0.5) is 0 Å². The fourth-order valence-electron chi connectivity index (χ4n) is 2.12. The van der Waals surface area contributed by atoms with Gasteiger partial charge in [-0.05, 0) is 38.0 Å². The van der Waals surface area contributed by atoms with Crippen LogP contribution < -0.4 is 5.32 Å². The summed E-state index contributed by atoms with van der Waals surface area (Å²) in [5, 5.41) is 13.1. The van der Waals surface area contributed by atoms with Gasteiger partial charge in [0.2, 0.25) is 0 Å². The van der Waals surface area contributed by atoms with Gasteiger partial charge in [-0.2, -0.15) is 0 Å². The maximum atomic E-state index is 9.70.